The summed E-state index contributed by atoms with van der Waals surface area (Å²) in [7, 11) is 1.58. The van der Waals surface area contributed by atoms with Crippen LogP contribution in [0.25, 0.3) is 22.3 Å². The first kappa shape index (κ1) is 17.3. The molecule has 0 bridgehead atoms. The zero-order valence-corrected chi connectivity index (χ0v) is 15.3. The highest BCUT2D eigenvalue weighted by Crippen LogP contribution is 2.31. The van der Waals surface area contributed by atoms with Crippen LogP contribution in [0.3, 0.4) is 0 Å². The second-order valence-corrected chi connectivity index (χ2v) is 7.00. The highest BCUT2D eigenvalue weighted by Gasteiger charge is 2.23. The van der Waals surface area contributed by atoms with Crippen LogP contribution in [-0.2, 0) is 4.74 Å². The summed E-state index contributed by atoms with van der Waals surface area (Å²) in [5, 5.41) is 1.24. The number of carbonyl (C=O) groups is 1. The molecule has 0 radical (unpaired) electrons. The van der Waals surface area contributed by atoms with Gasteiger partial charge in [0.1, 0.15) is 16.5 Å². The molecule has 0 saturated heterocycles. The topological polar surface area (TPSA) is 53.4 Å². The summed E-state index contributed by atoms with van der Waals surface area (Å²) in [5.74, 6) is 0.654. The Morgan fingerprint density at radius 2 is 1.92 bits per heavy atom. The number of pyridine rings is 1. The van der Waals surface area contributed by atoms with E-state index in [1.807, 2.05) is 39.0 Å². The number of nitrogens with zero attached hydrogens (tertiary/aromatic N) is 2. The Labute approximate surface area is 151 Å². The number of fused-ring (bicyclic) bond motifs is 1. The molecule has 2 heterocycles. The van der Waals surface area contributed by atoms with Crippen molar-refractivity contribution in [2.45, 2.75) is 26.4 Å². The number of hydrogen-bond donors (Lipinski definition) is 0. The SMILES string of the molecule is COc1ccc2cc(-c3cccc(Cl)n3)n(C(=O)OC(C)(C)C)c2c1. The molecule has 3 rings (SSSR count). The van der Waals surface area contributed by atoms with Crippen LogP contribution in [-0.4, -0.2) is 28.4 Å². The van der Waals surface area contributed by atoms with Crippen LogP contribution < -0.4 is 4.74 Å². The van der Waals surface area contributed by atoms with Gasteiger partial charge in [0.2, 0.25) is 0 Å². The number of aromatic nitrogens is 2. The van der Waals surface area contributed by atoms with Crippen LogP contribution >= 0.6 is 11.6 Å². The van der Waals surface area contributed by atoms with E-state index in [2.05, 4.69) is 4.98 Å². The maximum absolute atomic E-state index is 12.9. The maximum Gasteiger partial charge on any atom is 0.419 e. The molecule has 0 unspecified atom stereocenters. The molecule has 25 heavy (non-hydrogen) atoms. The predicted molar refractivity (Wildman–Crippen MR) is 98.4 cm³/mol. The third kappa shape index (κ3) is 3.61. The lowest BCUT2D eigenvalue weighted by Crippen LogP contribution is -2.27. The van der Waals surface area contributed by atoms with Crippen LogP contribution in [0.2, 0.25) is 5.15 Å². The van der Waals surface area contributed by atoms with E-state index < -0.39 is 11.7 Å². The zero-order valence-electron chi connectivity index (χ0n) is 14.5. The van der Waals surface area contributed by atoms with Gasteiger partial charge in [-0.25, -0.2) is 14.3 Å². The van der Waals surface area contributed by atoms with Gasteiger partial charge < -0.3 is 9.47 Å². The molecule has 0 saturated carbocycles. The van der Waals surface area contributed by atoms with E-state index in [1.165, 1.54) is 4.57 Å². The van der Waals surface area contributed by atoms with Crippen molar-refractivity contribution in [2.24, 2.45) is 0 Å². The molecular weight excluding hydrogens is 340 g/mol. The highest BCUT2D eigenvalue weighted by molar-refractivity contribution is 6.29. The van der Waals surface area contributed by atoms with Gasteiger partial charge in [-0.05, 0) is 51.1 Å². The number of carbonyl (C=O) groups excluding carboxylic acids is 1. The normalized spacial score (nSPS) is 11.6. The first-order valence-corrected chi connectivity index (χ1v) is 8.22. The Morgan fingerprint density at radius 3 is 2.56 bits per heavy atom. The quantitative estimate of drug-likeness (QED) is 0.594. The highest BCUT2D eigenvalue weighted by atomic mass is 35.5. The van der Waals surface area contributed by atoms with E-state index >= 15 is 0 Å². The Morgan fingerprint density at radius 1 is 1.16 bits per heavy atom. The minimum Gasteiger partial charge on any atom is -0.497 e. The van der Waals surface area contributed by atoms with Crippen molar-refractivity contribution in [3.8, 4) is 17.1 Å². The summed E-state index contributed by atoms with van der Waals surface area (Å²) in [4.78, 5) is 17.2. The second kappa shape index (κ2) is 6.41. The van der Waals surface area contributed by atoms with Gasteiger partial charge >= 0.3 is 6.09 Å². The van der Waals surface area contributed by atoms with Crippen molar-refractivity contribution >= 4 is 28.6 Å². The maximum atomic E-state index is 12.9. The van der Waals surface area contributed by atoms with Crippen molar-refractivity contribution in [1.29, 1.82) is 0 Å². The number of hydrogen-bond acceptors (Lipinski definition) is 4. The van der Waals surface area contributed by atoms with Gasteiger partial charge in [0, 0.05) is 11.5 Å². The lowest BCUT2D eigenvalue weighted by Gasteiger charge is -2.21. The average molecular weight is 359 g/mol. The van der Waals surface area contributed by atoms with Crippen LogP contribution in [0.15, 0.2) is 42.5 Å². The molecule has 6 heteroatoms. The summed E-state index contributed by atoms with van der Waals surface area (Å²) in [6.07, 6.45) is -0.479. The van der Waals surface area contributed by atoms with Crippen LogP contribution in [0.1, 0.15) is 20.8 Å². The second-order valence-electron chi connectivity index (χ2n) is 6.62. The molecule has 3 aromatic rings. The van der Waals surface area contributed by atoms with Crippen molar-refractivity contribution in [3.63, 3.8) is 0 Å². The largest absolute Gasteiger partial charge is 0.497 e. The Kier molecular flexibility index (Phi) is 4.43. The van der Waals surface area contributed by atoms with Crippen LogP contribution in [0, 0.1) is 0 Å². The summed E-state index contributed by atoms with van der Waals surface area (Å²) in [5.41, 5.74) is 1.27. The van der Waals surface area contributed by atoms with Crippen molar-refractivity contribution < 1.29 is 14.3 Å². The smallest absolute Gasteiger partial charge is 0.419 e. The first-order valence-electron chi connectivity index (χ1n) is 7.84. The third-order valence-electron chi connectivity index (χ3n) is 3.57. The third-order valence-corrected chi connectivity index (χ3v) is 3.78. The van der Waals surface area contributed by atoms with E-state index in [4.69, 9.17) is 21.1 Å². The molecular formula is C19H19ClN2O3. The molecule has 0 fully saturated rings. The summed E-state index contributed by atoms with van der Waals surface area (Å²) in [6, 6.07) is 12.7. The molecule has 0 amide bonds. The monoisotopic (exact) mass is 358 g/mol. The van der Waals surface area contributed by atoms with Gasteiger partial charge in [-0.15, -0.1) is 0 Å². The summed E-state index contributed by atoms with van der Waals surface area (Å²) in [6.45, 7) is 5.48. The first-order chi connectivity index (χ1) is 11.8. The van der Waals surface area contributed by atoms with E-state index in [9.17, 15) is 4.79 Å². The van der Waals surface area contributed by atoms with Gasteiger partial charge in [0.15, 0.2) is 0 Å². The van der Waals surface area contributed by atoms with E-state index in [0.29, 0.717) is 27.8 Å². The molecule has 0 spiro atoms. The lowest BCUT2D eigenvalue weighted by atomic mass is 10.2. The number of ether oxygens (including phenoxy) is 2. The molecule has 0 N–H and O–H groups in total. The fraction of sp³-hybridized carbons (Fsp3) is 0.263. The molecule has 0 aliphatic heterocycles. The minimum absolute atomic E-state index is 0.357. The van der Waals surface area contributed by atoms with Gasteiger partial charge in [-0.2, -0.15) is 0 Å². The number of halogens is 1. The van der Waals surface area contributed by atoms with Crippen LogP contribution in [0.5, 0.6) is 5.75 Å². The van der Waals surface area contributed by atoms with Crippen molar-refractivity contribution in [1.82, 2.24) is 9.55 Å². The van der Waals surface area contributed by atoms with Gasteiger partial charge in [0.05, 0.1) is 24.0 Å². The molecule has 1 aromatic carbocycles. The zero-order chi connectivity index (χ0) is 18.2. The summed E-state index contributed by atoms with van der Waals surface area (Å²) >= 11 is 6.02. The molecule has 0 aliphatic carbocycles. The molecule has 2 aromatic heterocycles. The Bertz CT molecular complexity index is 941. The standard InChI is InChI=1S/C19H19ClN2O3/c1-19(2,3)25-18(23)22-15-11-13(24-4)9-8-12(15)10-16(22)14-6-5-7-17(20)21-14/h5-11H,1-4H3. The predicted octanol–water partition coefficient (Wildman–Crippen LogP) is 5.15. The Balaban J connectivity index is 2.25. The minimum atomic E-state index is -0.619. The van der Waals surface area contributed by atoms with Crippen molar-refractivity contribution in [2.75, 3.05) is 7.11 Å². The average Bonchev–Trinajstić information content (AvgIpc) is 2.91. The van der Waals surface area contributed by atoms with Gasteiger partial charge in [-0.1, -0.05) is 17.7 Å². The molecule has 130 valence electrons. The fourth-order valence-corrected chi connectivity index (χ4v) is 2.72. The van der Waals surface area contributed by atoms with E-state index in [-0.39, 0.29) is 0 Å². The Hall–Kier alpha value is -2.53. The number of rotatable bonds is 2. The number of methoxy groups -OCH3 is 1. The van der Waals surface area contributed by atoms with Crippen LogP contribution in [0.4, 0.5) is 4.79 Å². The van der Waals surface area contributed by atoms with E-state index in [0.717, 1.165) is 5.39 Å². The van der Waals surface area contributed by atoms with E-state index in [1.54, 1.807) is 31.4 Å². The molecule has 0 aliphatic rings. The molecule has 5 nitrogen and oxygen atoms in total. The summed E-state index contributed by atoms with van der Waals surface area (Å²) < 4.78 is 12.4. The molecule has 0 atom stereocenters. The van der Waals surface area contributed by atoms with Gasteiger partial charge in [-0.3, -0.25) is 0 Å². The number of benzene rings is 1. The fourth-order valence-electron chi connectivity index (χ4n) is 2.55. The van der Waals surface area contributed by atoms with Gasteiger partial charge in [0.25, 0.3) is 0 Å². The van der Waals surface area contributed by atoms with Crippen molar-refractivity contribution in [3.05, 3.63) is 47.6 Å². The lowest BCUT2D eigenvalue weighted by molar-refractivity contribution is 0.0547.